The van der Waals surface area contributed by atoms with Gasteiger partial charge in [0, 0.05) is 17.5 Å². The first kappa shape index (κ1) is 12.1. The molecular formula is C10H18INO2. The van der Waals surface area contributed by atoms with E-state index in [0.29, 0.717) is 5.92 Å². The van der Waals surface area contributed by atoms with E-state index >= 15 is 0 Å². The van der Waals surface area contributed by atoms with Gasteiger partial charge in [0.1, 0.15) is 5.60 Å². The molecule has 1 atom stereocenters. The molecule has 1 amide bonds. The number of hydrogen-bond acceptors (Lipinski definition) is 2. The first-order valence-corrected chi connectivity index (χ1v) is 6.49. The molecule has 14 heavy (non-hydrogen) atoms. The molecule has 0 aromatic rings. The van der Waals surface area contributed by atoms with Gasteiger partial charge in [-0.15, -0.1) is 0 Å². The number of carbonyl (C=O) groups is 1. The summed E-state index contributed by atoms with van der Waals surface area (Å²) in [5.74, 6) is 0.656. The molecule has 0 N–H and O–H groups in total. The number of likely N-dealkylation sites (tertiary alicyclic amines) is 1. The SMILES string of the molecule is CC(C)(C)OC(=O)N1CCC(CI)C1. The molecule has 82 valence electrons. The molecule has 1 rings (SSSR count). The zero-order chi connectivity index (χ0) is 10.8. The molecule has 1 aliphatic heterocycles. The van der Waals surface area contributed by atoms with Gasteiger partial charge in [0.05, 0.1) is 0 Å². The van der Waals surface area contributed by atoms with E-state index in [9.17, 15) is 4.79 Å². The number of ether oxygens (including phenoxy) is 1. The maximum absolute atomic E-state index is 11.6. The molecule has 0 aromatic heterocycles. The van der Waals surface area contributed by atoms with Crippen LogP contribution >= 0.6 is 22.6 Å². The van der Waals surface area contributed by atoms with Crippen molar-refractivity contribution in [3.8, 4) is 0 Å². The second-order valence-corrected chi connectivity index (χ2v) is 5.62. The third-order valence-electron chi connectivity index (χ3n) is 2.16. The van der Waals surface area contributed by atoms with Crippen molar-refractivity contribution in [2.45, 2.75) is 32.8 Å². The van der Waals surface area contributed by atoms with E-state index in [1.54, 1.807) is 0 Å². The van der Waals surface area contributed by atoms with Crippen molar-refractivity contribution in [2.75, 3.05) is 17.5 Å². The minimum atomic E-state index is -0.376. The molecule has 1 heterocycles. The quantitative estimate of drug-likeness (QED) is 0.550. The Hall–Kier alpha value is 0. The second kappa shape index (κ2) is 4.68. The van der Waals surface area contributed by atoms with Crippen molar-refractivity contribution in [1.82, 2.24) is 4.90 Å². The van der Waals surface area contributed by atoms with Gasteiger partial charge in [-0.2, -0.15) is 0 Å². The molecule has 0 radical (unpaired) electrons. The number of alkyl halides is 1. The number of carbonyl (C=O) groups excluding carboxylic acids is 1. The van der Waals surface area contributed by atoms with Crippen LogP contribution in [-0.2, 0) is 4.74 Å². The van der Waals surface area contributed by atoms with Crippen LogP contribution in [0.5, 0.6) is 0 Å². The van der Waals surface area contributed by atoms with Gasteiger partial charge in [0.15, 0.2) is 0 Å². The Kier molecular flexibility index (Phi) is 4.04. The summed E-state index contributed by atoms with van der Waals surface area (Å²) < 4.78 is 6.42. The summed E-state index contributed by atoms with van der Waals surface area (Å²) in [6, 6.07) is 0. The van der Waals surface area contributed by atoms with Crippen LogP contribution < -0.4 is 0 Å². The first-order valence-electron chi connectivity index (χ1n) is 4.96. The molecule has 0 saturated carbocycles. The summed E-state index contributed by atoms with van der Waals surface area (Å²) in [4.78, 5) is 13.4. The van der Waals surface area contributed by atoms with Gasteiger partial charge in [0.2, 0.25) is 0 Å². The molecule has 1 saturated heterocycles. The summed E-state index contributed by atoms with van der Waals surface area (Å²) in [7, 11) is 0. The zero-order valence-electron chi connectivity index (χ0n) is 9.05. The fourth-order valence-electron chi connectivity index (χ4n) is 1.45. The topological polar surface area (TPSA) is 29.5 Å². The van der Waals surface area contributed by atoms with Gasteiger partial charge in [-0.3, -0.25) is 0 Å². The highest BCUT2D eigenvalue weighted by Gasteiger charge is 2.28. The smallest absolute Gasteiger partial charge is 0.410 e. The van der Waals surface area contributed by atoms with Gasteiger partial charge < -0.3 is 9.64 Å². The summed E-state index contributed by atoms with van der Waals surface area (Å²) in [6.07, 6.45) is 0.951. The molecule has 1 unspecified atom stereocenters. The van der Waals surface area contributed by atoms with Crippen molar-refractivity contribution >= 4 is 28.7 Å². The fraction of sp³-hybridized carbons (Fsp3) is 0.900. The van der Waals surface area contributed by atoms with Crippen molar-refractivity contribution in [1.29, 1.82) is 0 Å². The average molecular weight is 311 g/mol. The molecule has 0 bridgehead atoms. The minimum absolute atomic E-state index is 0.162. The number of amides is 1. The minimum Gasteiger partial charge on any atom is -0.444 e. The Bertz CT molecular complexity index is 213. The van der Waals surface area contributed by atoms with Crippen molar-refractivity contribution in [3.05, 3.63) is 0 Å². The maximum atomic E-state index is 11.6. The van der Waals surface area contributed by atoms with Gasteiger partial charge >= 0.3 is 6.09 Å². The van der Waals surface area contributed by atoms with Crippen LogP contribution in [-0.4, -0.2) is 34.1 Å². The van der Waals surface area contributed by atoms with Gasteiger partial charge in [0.25, 0.3) is 0 Å². The molecule has 4 heteroatoms. The Balaban J connectivity index is 2.40. The lowest BCUT2D eigenvalue weighted by Gasteiger charge is -2.24. The number of nitrogens with zero attached hydrogens (tertiary/aromatic N) is 1. The zero-order valence-corrected chi connectivity index (χ0v) is 11.2. The highest BCUT2D eigenvalue weighted by Crippen LogP contribution is 2.20. The number of halogens is 1. The first-order chi connectivity index (χ1) is 6.42. The normalized spacial score (nSPS) is 22.6. The van der Waals surface area contributed by atoms with Gasteiger partial charge in [-0.1, -0.05) is 22.6 Å². The Morgan fingerprint density at radius 3 is 2.64 bits per heavy atom. The largest absolute Gasteiger partial charge is 0.444 e. The third kappa shape index (κ3) is 3.63. The molecule has 0 aromatic carbocycles. The third-order valence-corrected chi connectivity index (χ3v) is 3.40. The van der Waals surface area contributed by atoms with E-state index in [1.165, 1.54) is 0 Å². The predicted octanol–water partition coefficient (Wildman–Crippen LogP) is 2.68. The van der Waals surface area contributed by atoms with Crippen LogP contribution in [0.25, 0.3) is 0 Å². The summed E-state index contributed by atoms with van der Waals surface area (Å²) >= 11 is 2.37. The van der Waals surface area contributed by atoms with Gasteiger partial charge in [-0.05, 0) is 33.1 Å². The molecular weight excluding hydrogens is 293 g/mol. The lowest BCUT2D eigenvalue weighted by atomic mass is 10.2. The molecule has 0 aliphatic carbocycles. The van der Waals surface area contributed by atoms with Crippen molar-refractivity contribution < 1.29 is 9.53 Å². The maximum Gasteiger partial charge on any atom is 0.410 e. The summed E-state index contributed by atoms with van der Waals surface area (Å²) in [6.45, 7) is 7.41. The van der Waals surface area contributed by atoms with Crippen molar-refractivity contribution in [3.63, 3.8) is 0 Å². The Morgan fingerprint density at radius 2 is 2.21 bits per heavy atom. The van der Waals surface area contributed by atoms with E-state index in [2.05, 4.69) is 22.6 Å². The second-order valence-electron chi connectivity index (χ2n) is 4.74. The van der Waals surface area contributed by atoms with E-state index in [0.717, 1.165) is 23.9 Å². The monoisotopic (exact) mass is 311 g/mol. The average Bonchev–Trinajstić information content (AvgIpc) is 2.48. The Morgan fingerprint density at radius 1 is 1.57 bits per heavy atom. The fourth-order valence-corrected chi connectivity index (χ4v) is 2.17. The number of rotatable bonds is 1. The molecule has 1 aliphatic rings. The molecule has 3 nitrogen and oxygen atoms in total. The Labute approximate surface area is 99.3 Å². The van der Waals surface area contributed by atoms with Crippen LogP contribution in [0.3, 0.4) is 0 Å². The van der Waals surface area contributed by atoms with Gasteiger partial charge in [-0.25, -0.2) is 4.79 Å². The van der Waals surface area contributed by atoms with E-state index in [1.807, 2.05) is 25.7 Å². The van der Waals surface area contributed by atoms with Crippen LogP contribution in [0.1, 0.15) is 27.2 Å². The van der Waals surface area contributed by atoms with Crippen LogP contribution in [0.15, 0.2) is 0 Å². The van der Waals surface area contributed by atoms with E-state index < -0.39 is 0 Å². The molecule has 0 spiro atoms. The predicted molar refractivity (Wildman–Crippen MR) is 64.8 cm³/mol. The molecule has 1 fully saturated rings. The lowest BCUT2D eigenvalue weighted by molar-refractivity contribution is 0.0290. The standard InChI is InChI=1S/C10H18INO2/c1-10(2,3)14-9(13)12-5-4-8(6-11)7-12/h8H,4-7H2,1-3H3. The highest BCUT2D eigenvalue weighted by atomic mass is 127. The van der Waals surface area contributed by atoms with E-state index in [-0.39, 0.29) is 11.7 Å². The van der Waals surface area contributed by atoms with Crippen molar-refractivity contribution in [2.24, 2.45) is 5.92 Å². The lowest BCUT2D eigenvalue weighted by Crippen LogP contribution is -2.35. The summed E-state index contributed by atoms with van der Waals surface area (Å²) in [5.41, 5.74) is -0.376. The van der Waals surface area contributed by atoms with Crippen LogP contribution in [0, 0.1) is 5.92 Å². The number of hydrogen-bond donors (Lipinski definition) is 0. The van der Waals surface area contributed by atoms with E-state index in [4.69, 9.17) is 4.74 Å². The summed E-state index contributed by atoms with van der Waals surface area (Å²) in [5, 5.41) is 0. The highest BCUT2D eigenvalue weighted by molar-refractivity contribution is 14.1. The van der Waals surface area contributed by atoms with Crippen LogP contribution in [0.2, 0.25) is 0 Å². The van der Waals surface area contributed by atoms with Crippen LogP contribution in [0.4, 0.5) is 4.79 Å².